The number of aliphatic imine (C=N–C) groups is 1. The number of hydrogen-bond donors (Lipinski definition) is 6. The van der Waals surface area contributed by atoms with Crippen LogP contribution in [0, 0.1) is 5.41 Å². The zero-order valence-corrected chi connectivity index (χ0v) is 21.7. The van der Waals surface area contributed by atoms with E-state index in [0.717, 1.165) is 28.2 Å². The molecule has 1 fully saturated rings. The summed E-state index contributed by atoms with van der Waals surface area (Å²) in [6.45, 7) is 1.86. The fraction of sp³-hybridized carbons (Fsp3) is 0.444. The van der Waals surface area contributed by atoms with Gasteiger partial charge in [-0.1, -0.05) is 16.9 Å². The van der Waals surface area contributed by atoms with Crippen LogP contribution in [0.1, 0.15) is 19.2 Å². The summed E-state index contributed by atoms with van der Waals surface area (Å²) >= 11 is 3.29. The standard InChI is InChI=1S/C18H23N11O5S3/c1-2-34-26-9(12-25-17(21)37-27-12)13(30)24-10-14(31)28-11(16(32)33)6(4-35-15(10)28)5-36-18-23-7(19)3-8(20)29(18)22/h8,10,15,19H,2-5,20,22H2,1H3,(H,24,30)(H,32,33)(H2,21,25,27)/t8?,10?,15-/m0/s1. The minimum absolute atomic E-state index is 0.0498. The fourth-order valence-electron chi connectivity index (χ4n) is 3.56. The van der Waals surface area contributed by atoms with E-state index in [1.807, 2.05) is 0 Å². The molecule has 1 aromatic rings. The van der Waals surface area contributed by atoms with Gasteiger partial charge in [0.05, 0.1) is 0 Å². The largest absolute Gasteiger partial charge is 0.477 e. The van der Waals surface area contributed by atoms with E-state index in [1.54, 1.807) is 6.92 Å². The van der Waals surface area contributed by atoms with E-state index in [0.29, 0.717) is 5.57 Å². The maximum atomic E-state index is 13.0. The number of β-lactam (4-membered cyclic amide) rings is 1. The molecule has 2 amide bonds. The third-order valence-corrected chi connectivity index (χ3v) is 8.21. The van der Waals surface area contributed by atoms with E-state index in [9.17, 15) is 19.5 Å². The number of carboxylic acid groups (broad SMARTS) is 1. The van der Waals surface area contributed by atoms with Crippen molar-refractivity contribution >= 4 is 74.7 Å². The Hall–Kier alpha value is -3.26. The predicted octanol–water partition coefficient (Wildman–Crippen LogP) is -1.47. The summed E-state index contributed by atoms with van der Waals surface area (Å²) in [4.78, 5) is 52.2. The highest BCUT2D eigenvalue weighted by molar-refractivity contribution is 8.14. The maximum Gasteiger partial charge on any atom is 0.352 e. The Labute approximate surface area is 222 Å². The average molecular weight is 570 g/mol. The molecule has 9 N–H and O–H groups in total. The highest BCUT2D eigenvalue weighted by Crippen LogP contribution is 2.41. The van der Waals surface area contributed by atoms with Gasteiger partial charge in [-0.15, -0.1) is 11.8 Å². The first-order valence-electron chi connectivity index (χ1n) is 10.7. The molecular weight excluding hydrogens is 546 g/mol. The second-order valence-corrected chi connectivity index (χ2v) is 10.6. The highest BCUT2D eigenvalue weighted by Gasteiger charge is 2.54. The number of nitrogens with zero attached hydrogens (tertiary/aromatic N) is 6. The molecule has 37 heavy (non-hydrogen) atoms. The van der Waals surface area contributed by atoms with E-state index in [-0.39, 0.29) is 57.9 Å². The number of nitrogens with two attached hydrogens (primary N) is 3. The number of hydrazine groups is 1. The summed E-state index contributed by atoms with van der Waals surface area (Å²) in [5.74, 6) is 3.76. The molecule has 3 aliphatic rings. The smallest absolute Gasteiger partial charge is 0.352 e. The van der Waals surface area contributed by atoms with Gasteiger partial charge in [-0.25, -0.2) is 15.6 Å². The molecule has 1 saturated heterocycles. The number of thioether (sulfide) groups is 2. The van der Waals surface area contributed by atoms with Crippen LogP contribution in [-0.2, 0) is 19.2 Å². The Morgan fingerprint density at radius 1 is 1.43 bits per heavy atom. The number of anilines is 1. The molecule has 0 radical (unpaired) electrons. The summed E-state index contributed by atoms with van der Waals surface area (Å²) in [7, 11) is 0. The van der Waals surface area contributed by atoms with Crippen molar-refractivity contribution in [3.8, 4) is 0 Å². The van der Waals surface area contributed by atoms with E-state index in [1.165, 1.54) is 16.8 Å². The Morgan fingerprint density at radius 2 is 2.19 bits per heavy atom. The quantitative estimate of drug-likeness (QED) is 0.0906. The highest BCUT2D eigenvalue weighted by atomic mass is 32.2. The van der Waals surface area contributed by atoms with Crippen LogP contribution < -0.4 is 22.6 Å². The van der Waals surface area contributed by atoms with Crippen molar-refractivity contribution in [2.24, 2.45) is 21.7 Å². The number of nitrogen functional groups attached to an aromatic ring is 1. The van der Waals surface area contributed by atoms with Gasteiger partial charge < -0.3 is 26.7 Å². The maximum absolute atomic E-state index is 13.0. The molecule has 19 heteroatoms. The molecule has 4 rings (SSSR count). The second kappa shape index (κ2) is 11.0. The molecule has 1 aromatic heterocycles. The number of carbonyl (C=O) groups is 3. The lowest BCUT2D eigenvalue weighted by molar-refractivity contribution is -0.150. The number of nitrogens with one attached hydrogen (secondary N) is 2. The van der Waals surface area contributed by atoms with Gasteiger partial charge in [-0.2, -0.15) is 9.36 Å². The molecule has 0 aromatic carbocycles. The summed E-state index contributed by atoms with van der Waals surface area (Å²) in [5.41, 5.74) is 11.5. The molecule has 4 heterocycles. The number of oxime groups is 1. The number of aromatic nitrogens is 2. The van der Waals surface area contributed by atoms with Gasteiger partial charge in [0.15, 0.2) is 10.3 Å². The minimum Gasteiger partial charge on any atom is -0.477 e. The molecule has 2 unspecified atom stereocenters. The predicted molar refractivity (Wildman–Crippen MR) is 138 cm³/mol. The van der Waals surface area contributed by atoms with Crippen LogP contribution in [0.3, 0.4) is 0 Å². The Bertz CT molecular complexity index is 1230. The van der Waals surface area contributed by atoms with Crippen molar-refractivity contribution in [2.45, 2.75) is 30.9 Å². The van der Waals surface area contributed by atoms with Gasteiger partial charge in [0, 0.05) is 29.5 Å². The van der Waals surface area contributed by atoms with Gasteiger partial charge in [0.2, 0.25) is 11.5 Å². The molecule has 198 valence electrons. The number of amides is 2. The third kappa shape index (κ3) is 5.39. The summed E-state index contributed by atoms with van der Waals surface area (Å²) in [6.07, 6.45) is -0.418. The number of rotatable bonds is 8. The first kappa shape index (κ1) is 26.8. The molecular formula is C18H23N11O5S3. The fourth-order valence-corrected chi connectivity index (χ4v) is 6.47. The van der Waals surface area contributed by atoms with Gasteiger partial charge in [0.25, 0.3) is 11.8 Å². The SMILES string of the molecule is CCON=C(C(=O)NC1C(=O)N2C(C(=O)O)=C(CSC3=NC(=N)CC(N)N3N)CS[C@@H]12)c1nsc(N)n1. The van der Waals surface area contributed by atoms with Crippen LogP contribution in [0.25, 0.3) is 0 Å². The number of carbonyl (C=O) groups excluding carboxylic acids is 2. The van der Waals surface area contributed by atoms with E-state index in [4.69, 9.17) is 27.6 Å². The Kier molecular flexibility index (Phi) is 7.97. The third-order valence-electron chi connectivity index (χ3n) is 5.28. The van der Waals surface area contributed by atoms with Gasteiger partial charge in [-0.05, 0) is 12.5 Å². The van der Waals surface area contributed by atoms with Crippen LogP contribution in [-0.4, -0.2) is 94.6 Å². The Balaban J connectivity index is 1.49. The first-order valence-corrected chi connectivity index (χ1v) is 13.5. The van der Waals surface area contributed by atoms with Crippen LogP contribution in [0.4, 0.5) is 5.13 Å². The normalized spacial score (nSPS) is 23.9. The topological polar surface area (TPSA) is 252 Å². The number of aliphatic carboxylic acids is 1. The van der Waals surface area contributed by atoms with Gasteiger partial charge >= 0.3 is 5.97 Å². The minimum atomic E-state index is -1.28. The van der Waals surface area contributed by atoms with Crippen LogP contribution >= 0.6 is 35.1 Å². The van der Waals surface area contributed by atoms with Crippen molar-refractivity contribution in [2.75, 3.05) is 23.8 Å². The van der Waals surface area contributed by atoms with E-state index >= 15 is 0 Å². The van der Waals surface area contributed by atoms with E-state index < -0.39 is 35.4 Å². The lowest BCUT2D eigenvalue weighted by atomic mass is 10.0. The number of fused-ring (bicyclic) bond motifs is 1. The van der Waals surface area contributed by atoms with Gasteiger partial charge in [0.1, 0.15) is 35.7 Å². The molecule has 0 spiro atoms. The Morgan fingerprint density at radius 3 is 2.84 bits per heavy atom. The van der Waals surface area contributed by atoms with Crippen molar-refractivity contribution < 1.29 is 24.3 Å². The van der Waals surface area contributed by atoms with Crippen molar-refractivity contribution in [1.82, 2.24) is 24.6 Å². The second-order valence-electron chi connectivity index (χ2n) is 7.74. The van der Waals surface area contributed by atoms with Crippen molar-refractivity contribution in [3.05, 3.63) is 17.1 Å². The number of carboxylic acids is 1. The molecule has 0 aliphatic carbocycles. The summed E-state index contributed by atoms with van der Waals surface area (Å²) < 4.78 is 3.96. The van der Waals surface area contributed by atoms with Crippen molar-refractivity contribution in [3.63, 3.8) is 0 Å². The molecule has 16 nitrogen and oxygen atoms in total. The lowest BCUT2D eigenvalue weighted by Crippen LogP contribution is -2.71. The molecule has 0 bridgehead atoms. The first-order chi connectivity index (χ1) is 17.6. The van der Waals surface area contributed by atoms with E-state index in [2.05, 4.69) is 24.8 Å². The van der Waals surface area contributed by atoms with Gasteiger partial charge in [-0.3, -0.25) is 24.9 Å². The van der Waals surface area contributed by atoms with Crippen molar-refractivity contribution in [1.29, 1.82) is 5.41 Å². The van der Waals surface area contributed by atoms with Crippen LogP contribution in [0.2, 0.25) is 0 Å². The monoisotopic (exact) mass is 569 g/mol. The lowest BCUT2D eigenvalue weighted by Gasteiger charge is -2.49. The molecule has 3 atom stereocenters. The van der Waals surface area contributed by atoms with Crippen LogP contribution in [0.15, 0.2) is 21.4 Å². The summed E-state index contributed by atoms with van der Waals surface area (Å²) in [6, 6.07) is -0.996. The average Bonchev–Trinajstić information content (AvgIpc) is 3.28. The zero-order valence-electron chi connectivity index (χ0n) is 19.3. The number of hydrogen-bond acceptors (Lipinski definition) is 15. The summed E-state index contributed by atoms with van der Waals surface area (Å²) in [5, 5.41) is 25.0. The zero-order chi connectivity index (χ0) is 26.9. The molecule has 3 aliphatic heterocycles. The van der Waals surface area contributed by atoms with Crippen LogP contribution in [0.5, 0.6) is 0 Å². The molecule has 0 saturated carbocycles. The number of amidine groups is 2.